The quantitative estimate of drug-likeness (QED) is 0.0879. The second-order valence-corrected chi connectivity index (χ2v) is 28.6. The summed E-state index contributed by atoms with van der Waals surface area (Å²) in [4.78, 5) is 35.7. The van der Waals surface area contributed by atoms with Gasteiger partial charge >= 0.3 is 0 Å². The number of benzene rings is 4. The molecule has 0 saturated carbocycles. The van der Waals surface area contributed by atoms with E-state index in [1.54, 1.807) is 107 Å². The molecule has 9 rings (SSSR count). The van der Waals surface area contributed by atoms with Crippen molar-refractivity contribution in [1.29, 1.82) is 0 Å². The molecule has 2 aliphatic rings. The number of hydrogen-bond donors (Lipinski definition) is 6. The first-order valence-corrected chi connectivity index (χ1v) is 28.5. The zero-order valence-corrected chi connectivity index (χ0v) is 44.8. The van der Waals surface area contributed by atoms with Crippen molar-refractivity contribution in [3.05, 3.63) is 72.8 Å². The first-order valence-electron chi connectivity index (χ1n) is 22.6. The molecule has 0 atom stereocenters. The summed E-state index contributed by atoms with van der Waals surface area (Å²) in [6.07, 6.45) is 0. The predicted octanol–water partition coefficient (Wildman–Crippen LogP) is 7.18. The maximum Gasteiger partial charge on any atom is 0.241 e. The molecule has 6 N–H and O–H groups in total. The van der Waals surface area contributed by atoms with Crippen LogP contribution in [-0.4, -0.2) is 95.7 Å². The lowest BCUT2D eigenvalue weighted by Gasteiger charge is -2.20. The SMILES string of the molecule is CC(C)(C)NS(=O)(=O)c1ccc2c(c1)-c1nc-2nc2[nH]c(nc3nc(nc4[nH]c(n1)c1ccc(S(=O)(=O)NC(C)(C)C)cc41)-c1cc(S(=O)(=O)NC(C)(C)C)ccc1-3)c1cc(S(=O)(=O)NC(C)(C)C)ccc21. The molecule has 5 heterocycles. The average molecular weight is 1060 g/mol. The van der Waals surface area contributed by atoms with Crippen LogP contribution in [0, 0.1) is 0 Å². The molecule has 72 heavy (non-hydrogen) atoms. The van der Waals surface area contributed by atoms with E-state index in [1.165, 1.54) is 48.5 Å². The summed E-state index contributed by atoms with van der Waals surface area (Å²) in [5.74, 6) is 0.198. The van der Waals surface area contributed by atoms with Gasteiger partial charge in [-0.2, -0.15) is 0 Å². The lowest BCUT2D eigenvalue weighted by atomic mass is 10.1. The van der Waals surface area contributed by atoms with Gasteiger partial charge in [-0.3, -0.25) is 0 Å². The number of sulfonamides is 4. The van der Waals surface area contributed by atoms with Gasteiger partial charge in [0.05, 0.1) is 19.6 Å². The summed E-state index contributed by atoms with van der Waals surface area (Å²) in [6.45, 7) is 20.6. The minimum Gasteiger partial charge on any atom is -0.324 e. The van der Waals surface area contributed by atoms with E-state index in [0.29, 0.717) is 27.3 Å². The lowest BCUT2D eigenvalue weighted by molar-refractivity contribution is 0.490. The van der Waals surface area contributed by atoms with Crippen LogP contribution in [0.2, 0.25) is 0 Å². The third-order valence-corrected chi connectivity index (χ3v) is 17.7. The van der Waals surface area contributed by atoms with E-state index >= 15 is 0 Å². The molecule has 0 fully saturated rings. The van der Waals surface area contributed by atoms with Gasteiger partial charge in [0.25, 0.3) is 0 Å². The zero-order valence-electron chi connectivity index (χ0n) is 41.5. The number of nitrogens with zero attached hydrogens (tertiary/aromatic N) is 6. The minimum absolute atomic E-state index is 0.0155. The van der Waals surface area contributed by atoms with E-state index in [1.807, 2.05) is 0 Å². The van der Waals surface area contributed by atoms with E-state index in [2.05, 4.69) is 28.9 Å². The van der Waals surface area contributed by atoms with Crippen LogP contribution < -0.4 is 18.9 Å². The van der Waals surface area contributed by atoms with Crippen LogP contribution in [0.25, 0.3) is 89.7 Å². The van der Waals surface area contributed by atoms with Crippen LogP contribution >= 0.6 is 0 Å². The highest BCUT2D eigenvalue weighted by atomic mass is 32.2. The predicted molar refractivity (Wildman–Crippen MR) is 276 cm³/mol. The molecular weight excluding hydrogens is 1000 g/mol. The van der Waals surface area contributed by atoms with Crippen LogP contribution in [0.3, 0.4) is 0 Å². The van der Waals surface area contributed by atoms with Gasteiger partial charge in [0.15, 0.2) is 23.3 Å². The number of rotatable bonds is 8. The number of nitrogens with one attached hydrogen (secondary N) is 6. The molecule has 0 aliphatic carbocycles. The monoisotopic (exact) mass is 1050 g/mol. The average Bonchev–Trinajstić information content (AvgIpc) is 3.95. The minimum atomic E-state index is -4.11. The van der Waals surface area contributed by atoms with Crippen LogP contribution in [0.5, 0.6) is 0 Å². The van der Waals surface area contributed by atoms with Crippen molar-refractivity contribution < 1.29 is 33.7 Å². The largest absolute Gasteiger partial charge is 0.324 e. The van der Waals surface area contributed by atoms with E-state index in [-0.39, 0.29) is 82.0 Å². The molecule has 20 nitrogen and oxygen atoms in total. The Balaban J connectivity index is 1.43. The van der Waals surface area contributed by atoms with Crippen molar-refractivity contribution in [2.24, 2.45) is 0 Å². The molecule has 378 valence electrons. The molecule has 0 spiro atoms. The molecule has 8 bridgehead atoms. The fraction of sp³-hybridized carbons (Fsp3) is 0.333. The Labute approximate surface area is 417 Å². The molecule has 7 aromatic rings. The second-order valence-electron chi connectivity index (χ2n) is 21.9. The first kappa shape index (κ1) is 50.8. The van der Waals surface area contributed by atoms with E-state index in [4.69, 9.17) is 29.9 Å². The number of H-pyrrole nitrogens is 2. The smallest absolute Gasteiger partial charge is 0.241 e. The summed E-state index contributed by atoms with van der Waals surface area (Å²) in [6, 6.07) is 17.7. The number of aromatic nitrogens is 8. The molecule has 0 radical (unpaired) electrons. The maximum absolute atomic E-state index is 13.8. The standard InChI is InChI=1S/C48H54N12O8S4/c1-45(2,3)57-69(61,62)25-13-17-29-33(21-25)41-50-37(29)49-38-30-18-14-26(70(63,64)58-46(4,5)6)22-34(30)42(51-38)53-40-32-20-16-28(72(67,68)60-48(10,11)12)24-36(32)44(55-40)56-43-35-23-27(71(65,66)59-47(7,8)9)15-19-31(35)39(52-41)54-43/h13-24,57-60H,1-12H3,(H2,49,50,51,52,53,54,55,56). The molecule has 0 unspecified atom stereocenters. The van der Waals surface area contributed by atoms with Crippen molar-refractivity contribution in [2.75, 3.05) is 0 Å². The lowest BCUT2D eigenvalue weighted by Crippen LogP contribution is -2.40. The fourth-order valence-electron chi connectivity index (χ4n) is 8.23. The maximum atomic E-state index is 13.8. The van der Waals surface area contributed by atoms with Crippen molar-refractivity contribution in [2.45, 2.75) is 125 Å². The van der Waals surface area contributed by atoms with Crippen LogP contribution in [0.1, 0.15) is 83.1 Å². The molecule has 0 saturated heterocycles. The topological polar surface area (TPSA) is 294 Å². The molecule has 24 heteroatoms. The Bertz CT molecular complexity index is 4110. The number of fused-ring (bicyclic) bond motifs is 20. The van der Waals surface area contributed by atoms with Gasteiger partial charge in [-0.1, -0.05) is 0 Å². The molecular formula is C48H54N12O8S4. The van der Waals surface area contributed by atoms with Gasteiger partial charge in [0.1, 0.15) is 22.6 Å². The van der Waals surface area contributed by atoms with Crippen molar-refractivity contribution in [1.82, 2.24) is 58.8 Å². The highest BCUT2D eigenvalue weighted by Crippen LogP contribution is 2.39. The Morgan fingerprint density at radius 2 is 0.569 bits per heavy atom. The van der Waals surface area contributed by atoms with Crippen LogP contribution in [0.15, 0.2) is 92.4 Å². The molecule has 2 aliphatic heterocycles. The highest BCUT2D eigenvalue weighted by molar-refractivity contribution is 7.90. The summed E-state index contributed by atoms with van der Waals surface area (Å²) in [7, 11) is -16.4. The third kappa shape index (κ3) is 10.1. The number of aromatic amines is 2. The Kier molecular flexibility index (Phi) is 11.8. The summed E-state index contributed by atoms with van der Waals surface area (Å²) < 4.78 is 121. The van der Waals surface area contributed by atoms with E-state index in [0.717, 1.165) is 0 Å². The third-order valence-electron chi connectivity index (χ3n) is 10.7. The van der Waals surface area contributed by atoms with Crippen LogP contribution in [-0.2, 0) is 40.1 Å². The van der Waals surface area contributed by atoms with Gasteiger partial charge in [0, 0.05) is 66.0 Å². The Morgan fingerprint density at radius 3 is 0.861 bits per heavy atom. The second kappa shape index (κ2) is 16.7. The normalized spacial score (nSPS) is 13.9. The summed E-state index contributed by atoms with van der Waals surface area (Å²) >= 11 is 0. The zero-order chi connectivity index (χ0) is 52.5. The van der Waals surface area contributed by atoms with E-state index < -0.39 is 62.2 Å². The van der Waals surface area contributed by atoms with Gasteiger partial charge < -0.3 is 9.97 Å². The molecule has 3 aromatic heterocycles. The number of hydrogen-bond acceptors (Lipinski definition) is 14. The van der Waals surface area contributed by atoms with Gasteiger partial charge in [-0.15, -0.1) is 0 Å². The van der Waals surface area contributed by atoms with Crippen molar-refractivity contribution >= 4 is 84.2 Å². The Morgan fingerprint density at radius 1 is 0.319 bits per heavy atom. The van der Waals surface area contributed by atoms with Gasteiger partial charge in [-0.25, -0.2) is 82.5 Å². The highest BCUT2D eigenvalue weighted by Gasteiger charge is 2.31. The first-order chi connectivity index (χ1) is 33.0. The summed E-state index contributed by atoms with van der Waals surface area (Å²) in [5.41, 5.74) is -1.47. The molecule has 0 amide bonds. The van der Waals surface area contributed by atoms with Gasteiger partial charge in [0.2, 0.25) is 40.1 Å². The van der Waals surface area contributed by atoms with Crippen LogP contribution in [0.4, 0.5) is 0 Å². The van der Waals surface area contributed by atoms with Crippen molar-refractivity contribution in [3.63, 3.8) is 0 Å². The molecule has 4 aromatic carbocycles. The van der Waals surface area contributed by atoms with Gasteiger partial charge in [-0.05, 0) is 156 Å². The van der Waals surface area contributed by atoms with E-state index in [9.17, 15) is 33.7 Å². The summed E-state index contributed by atoms with van der Waals surface area (Å²) in [5, 5.41) is 1.42. The van der Waals surface area contributed by atoms with Crippen molar-refractivity contribution in [3.8, 4) is 45.6 Å². The Hall–Kier alpha value is -6.12. The fourth-order valence-corrected chi connectivity index (χ4v) is 14.0.